The molecule has 1 fully saturated rings. The van der Waals surface area contributed by atoms with Crippen LogP contribution in [-0.2, 0) is 16.1 Å². The molecule has 1 N–H and O–H groups in total. The van der Waals surface area contributed by atoms with Crippen LogP contribution >= 0.6 is 0 Å². The van der Waals surface area contributed by atoms with Gasteiger partial charge in [-0.1, -0.05) is 43.5 Å². The zero-order chi connectivity index (χ0) is 22.3. The first-order valence-electron chi connectivity index (χ1n) is 11.5. The molecule has 1 aromatic carbocycles. The van der Waals surface area contributed by atoms with Gasteiger partial charge in [-0.25, -0.2) is 4.68 Å². The molecule has 1 aliphatic rings. The molecule has 0 bridgehead atoms. The van der Waals surface area contributed by atoms with E-state index in [2.05, 4.69) is 27.5 Å². The maximum atomic E-state index is 13.6. The summed E-state index contributed by atoms with van der Waals surface area (Å²) in [5.41, 5.74) is 2.31. The summed E-state index contributed by atoms with van der Waals surface area (Å²) < 4.78 is 1.61. The van der Waals surface area contributed by atoms with Gasteiger partial charge in [-0.2, -0.15) is 0 Å². The minimum absolute atomic E-state index is 0.0303. The lowest BCUT2D eigenvalue weighted by Gasteiger charge is -2.32. The monoisotopic (exact) mass is 434 g/mol. The van der Waals surface area contributed by atoms with Crippen molar-refractivity contribution in [2.24, 2.45) is 0 Å². The van der Waals surface area contributed by atoms with E-state index in [1.807, 2.05) is 36.4 Å². The smallest absolute Gasteiger partial charge is 0.247 e. The third-order valence-electron chi connectivity index (χ3n) is 6.06. The van der Waals surface area contributed by atoms with Crippen LogP contribution in [0.2, 0.25) is 0 Å². The molecule has 1 saturated carbocycles. The highest BCUT2D eigenvalue weighted by atomic mass is 16.2. The van der Waals surface area contributed by atoms with E-state index in [1.54, 1.807) is 22.0 Å². The van der Waals surface area contributed by atoms with E-state index in [0.717, 1.165) is 55.1 Å². The Kier molecular flexibility index (Phi) is 7.09. The maximum Gasteiger partial charge on any atom is 0.247 e. The highest BCUT2D eigenvalue weighted by Gasteiger charge is 2.33. The average molecular weight is 435 g/mol. The second-order valence-electron chi connectivity index (χ2n) is 8.35. The van der Waals surface area contributed by atoms with E-state index in [-0.39, 0.29) is 24.4 Å². The van der Waals surface area contributed by atoms with Gasteiger partial charge in [0.25, 0.3) is 0 Å². The van der Waals surface area contributed by atoms with Crippen LogP contribution in [0.25, 0.3) is 11.0 Å². The summed E-state index contributed by atoms with van der Waals surface area (Å²) in [6.45, 7) is 2.60. The summed E-state index contributed by atoms with van der Waals surface area (Å²) in [5, 5.41) is 11.5. The molecule has 0 aliphatic heterocycles. The second-order valence-corrected chi connectivity index (χ2v) is 8.35. The van der Waals surface area contributed by atoms with E-state index in [4.69, 9.17) is 0 Å². The number of carbonyl (C=O) groups is 2. The summed E-state index contributed by atoms with van der Waals surface area (Å²) in [4.78, 5) is 32.8. The Morgan fingerprint density at radius 1 is 1.16 bits per heavy atom. The molecule has 8 nitrogen and oxygen atoms in total. The molecule has 0 spiro atoms. The van der Waals surface area contributed by atoms with Crippen LogP contribution < -0.4 is 5.32 Å². The summed E-state index contributed by atoms with van der Waals surface area (Å²) in [5.74, 6) is -0.284. The van der Waals surface area contributed by atoms with Crippen LogP contribution in [0.5, 0.6) is 0 Å². The number of nitrogens with zero attached hydrogens (tertiary/aromatic N) is 5. The zero-order valence-electron chi connectivity index (χ0n) is 18.5. The molecular weight excluding hydrogens is 404 g/mol. The number of amides is 2. The maximum absolute atomic E-state index is 13.6. The normalized spacial score (nSPS) is 15.0. The van der Waals surface area contributed by atoms with E-state index in [0.29, 0.717) is 6.54 Å². The highest BCUT2D eigenvalue weighted by Crippen LogP contribution is 2.25. The van der Waals surface area contributed by atoms with Crippen molar-refractivity contribution in [2.75, 3.05) is 6.54 Å². The topological polar surface area (TPSA) is 93.0 Å². The number of hydrogen-bond acceptors (Lipinski definition) is 5. The third-order valence-corrected chi connectivity index (χ3v) is 6.06. The Hall–Kier alpha value is -3.29. The van der Waals surface area contributed by atoms with Gasteiger partial charge in [-0.3, -0.25) is 14.6 Å². The van der Waals surface area contributed by atoms with Gasteiger partial charge in [-0.05, 0) is 49.1 Å². The quantitative estimate of drug-likeness (QED) is 0.558. The lowest BCUT2D eigenvalue weighted by molar-refractivity contribution is -0.141. The van der Waals surface area contributed by atoms with Gasteiger partial charge in [0.2, 0.25) is 11.8 Å². The van der Waals surface area contributed by atoms with Crippen molar-refractivity contribution in [3.63, 3.8) is 0 Å². The number of pyridine rings is 1. The van der Waals surface area contributed by atoms with Crippen molar-refractivity contribution >= 4 is 22.8 Å². The average Bonchev–Trinajstić information content (AvgIpc) is 3.47. The molecule has 0 radical (unpaired) electrons. The number of benzene rings is 1. The van der Waals surface area contributed by atoms with Gasteiger partial charge in [0.05, 0.1) is 5.52 Å². The lowest BCUT2D eigenvalue weighted by atomic mass is 10.0. The number of carbonyl (C=O) groups excluding carboxylic acids is 2. The van der Waals surface area contributed by atoms with Gasteiger partial charge in [0, 0.05) is 25.0 Å². The molecule has 0 unspecified atom stereocenters. The van der Waals surface area contributed by atoms with Gasteiger partial charge in [-0.15, -0.1) is 5.10 Å². The van der Waals surface area contributed by atoms with E-state index in [1.165, 1.54) is 0 Å². The number of aromatic nitrogens is 4. The molecular formula is C24H30N6O2. The Morgan fingerprint density at radius 3 is 2.66 bits per heavy atom. The number of rotatable bonds is 9. The Morgan fingerprint density at radius 2 is 1.91 bits per heavy atom. The Balaban J connectivity index is 1.63. The van der Waals surface area contributed by atoms with Crippen molar-refractivity contribution < 1.29 is 9.59 Å². The fourth-order valence-electron chi connectivity index (χ4n) is 4.35. The summed E-state index contributed by atoms with van der Waals surface area (Å²) in [6, 6.07) is 10.7. The van der Waals surface area contributed by atoms with Crippen molar-refractivity contribution in [3.05, 3.63) is 54.4 Å². The number of hydrogen-bond donors (Lipinski definition) is 1. The SMILES string of the molecule is CCCCN(C(=O)Cn1nnc2ccccc21)[C@@H](C(=O)NC1CCCC1)c1ccncc1. The molecule has 4 rings (SSSR count). The van der Waals surface area contributed by atoms with Gasteiger partial charge < -0.3 is 10.2 Å². The Labute approximate surface area is 188 Å². The fraction of sp³-hybridized carbons (Fsp3) is 0.458. The third kappa shape index (κ3) is 4.95. The Bertz CT molecular complexity index is 1040. The van der Waals surface area contributed by atoms with Crippen molar-refractivity contribution in [2.45, 2.75) is 64.1 Å². The fourth-order valence-corrected chi connectivity index (χ4v) is 4.35. The van der Waals surface area contributed by atoms with Crippen LogP contribution in [0.3, 0.4) is 0 Å². The minimum atomic E-state index is -0.701. The van der Waals surface area contributed by atoms with E-state index < -0.39 is 6.04 Å². The molecule has 1 aliphatic carbocycles. The number of fused-ring (bicyclic) bond motifs is 1. The van der Waals surface area contributed by atoms with Crippen molar-refractivity contribution in [3.8, 4) is 0 Å². The van der Waals surface area contributed by atoms with Gasteiger partial charge in [0.1, 0.15) is 18.1 Å². The van der Waals surface area contributed by atoms with Crippen LogP contribution in [0.15, 0.2) is 48.8 Å². The molecule has 32 heavy (non-hydrogen) atoms. The minimum Gasteiger partial charge on any atom is -0.351 e. The molecule has 8 heteroatoms. The summed E-state index contributed by atoms with van der Waals surface area (Å²) in [7, 11) is 0. The number of nitrogens with one attached hydrogen (secondary N) is 1. The predicted molar refractivity (Wildman–Crippen MR) is 122 cm³/mol. The van der Waals surface area contributed by atoms with E-state index >= 15 is 0 Å². The number of para-hydroxylation sites is 1. The van der Waals surface area contributed by atoms with Crippen LogP contribution in [-0.4, -0.2) is 49.3 Å². The van der Waals surface area contributed by atoms with Gasteiger partial charge in [0.15, 0.2) is 0 Å². The zero-order valence-corrected chi connectivity index (χ0v) is 18.5. The van der Waals surface area contributed by atoms with Gasteiger partial charge >= 0.3 is 0 Å². The molecule has 3 aromatic rings. The number of unbranched alkanes of at least 4 members (excludes halogenated alkanes) is 1. The van der Waals surface area contributed by atoms with Crippen LogP contribution in [0.1, 0.15) is 57.1 Å². The summed E-state index contributed by atoms with van der Waals surface area (Å²) >= 11 is 0. The summed E-state index contributed by atoms with van der Waals surface area (Å²) in [6.07, 6.45) is 9.29. The van der Waals surface area contributed by atoms with Crippen molar-refractivity contribution in [1.29, 1.82) is 0 Å². The van der Waals surface area contributed by atoms with Crippen LogP contribution in [0, 0.1) is 0 Å². The molecule has 168 valence electrons. The van der Waals surface area contributed by atoms with Crippen LogP contribution in [0.4, 0.5) is 0 Å². The molecule has 1 atom stereocenters. The standard InChI is InChI=1S/C24H30N6O2/c1-2-3-16-29(22(31)17-30-21-11-7-6-10-20(21)27-28-30)23(18-12-14-25-15-13-18)24(32)26-19-8-4-5-9-19/h6-7,10-15,19,23H,2-5,8-9,16-17H2,1H3,(H,26,32)/t23-/m1/s1. The first kappa shape index (κ1) is 21.9. The molecule has 0 saturated heterocycles. The molecule has 2 aromatic heterocycles. The first-order valence-corrected chi connectivity index (χ1v) is 11.5. The second kappa shape index (κ2) is 10.3. The highest BCUT2D eigenvalue weighted by molar-refractivity contribution is 5.89. The van der Waals surface area contributed by atoms with E-state index in [9.17, 15) is 9.59 Å². The molecule has 2 heterocycles. The largest absolute Gasteiger partial charge is 0.351 e. The lowest BCUT2D eigenvalue weighted by Crippen LogP contribution is -2.47. The van der Waals surface area contributed by atoms with Crippen molar-refractivity contribution in [1.82, 2.24) is 30.2 Å². The first-order chi connectivity index (χ1) is 15.7. The molecule has 2 amide bonds. The predicted octanol–water partition coefficient (Wildman–Crippen LogP) is 3.26.